The van der Waals surface area contributed by atoms with E-state index in [9.17, 15) is 57.0 Å². The molecule has 6 rings (SSSR count). The Kier molecular flexibility index (Phi) is 18.7. The number of benzene rings is 4. The maximum atomic E-state index is 12.8. The highest BCUT2D eigenvalue weighted by Crippen LogP contribution is 2.48. The average Bonchev–Trinajstić information content (AvgIpc) is 3.29. The van der Waals surface area contributed by atoms with Crippen LogP contribution in [-0.4, -0.2) is 146 Å². The van der Waals surface area contributed by atoms with Crippen molar-refractivity contribution in [3.05, 3.63) is 59.1 Å². The Morgan fingerprint density at radius 3 is 1.32 bits per heavy atom. The van der Waals surface area contributed by atoms with E-state index in [-0.39, 0.29) is 58.9 Å². The number of phenolic OH excluding ortho intramolecular Hbond substituents is 1. The van der Waals surface area contributed by atoms with Crippen LogP contribution in [0.4, 0.5) is 63.6 Å². The summed E-state index contributed by atoms with van der Waals surface area (Å²) in [5.74, 6) is 0.0238. The third kappa shape index (κ3) is 15.1. The molecule has 38 heteroatoms. The first kappa shape index (κ1) is 57.3. The number of aromatic nitrogens is 6. The van der Waals surface area contributed by atoms with E-state index < -0.39 is 105 Å². The van der Waals surface area contributed by atoms with Gasteiger partial charge in [0.05, 0.1) is 47.0 Å². The molecule has 0 bridgehead atoms. The zero-order valence-electron chi connectivity index (χ0n) is 36.9. The van der Waals surface area contributed by atoms with Crippen LogP contribution in [0.15, 0.2) is 88.6 Å². The van der Waals surface area contributed by atoms with E-state index in [1.54, 1.807) is 0 Å². The number of thioether (sulfide) groups is 2. The molecule has 0 amide bonds. The van der Waals surface area contributed by atoms with Crippen molar-refractivity contribution in [2.24, 2.45) is 20.5 Å². The number of aromatic hydroxyl groups is 1. The van der Waals surface area contributed by atoms with Crippen LogP contribution < -0.4 is 27.0 Å². The summed E-state index contributed by atoms with van der Waals surface area (Å²) >= 11 is 15.0. The smallest absolute Gasteiger partial charge is 0.296 e. The van der Waals surface area contributed by atoms with E-state index >= 15 is 0 Å². The highest BCUT2D eigenvalue weighted by Gasteiger charge is 2.29. The monoisotopic (exact) mass is 1180 g/mol. The molecule has 0 spiro atoms. The Morgan fingerprint density at radius 2 is 0.919 bits per heavy atom. The normalized spacial score (nSPS) is 12.5. The molecule has 0 atom stereocenters. The van der Waals surface area contributed by atoms with Crippen molar-refractivity contribution in [3.8, 4) is 5.75 Å². The summed E-state index contributed by atoms with van der Waals surface area (Å²) in [4.78, 5) is 20.1. The molecule has 0 aliphatic rings. The van der Waals surface area contributed by atoms with E-state index in [1.165, 1.54) is 23.5 Å². The van der Waals surface area contributed by atoms with Gasteiger partial charge in [-0.3, -0.25) is 18.2 Å². The Hall–Kier alpha value is -6.00. The molecule has 0 radical (unpaired) electrons. The Morgan fingerprint density at radius 1 is 0.527 bits per heavy atom. The molecule has 0 fully saturated rings. The SMILES string of the molecule is Nc1c(/N=N/c2ccc(S(=O)(=O)O)c(Nc3nc(Cl)nc(NCCSCCO)n3)c2)c(S(=O)(=O)O)cc2cc(S(=O)(=O)O)c(/N=N/c3ccc(S(=O)(=O)O)c(Nc4nc(Cl)nc(NCCSCCO)n4)c3)c(O)c12. The quantitative estimate of drug-likeness (QED) is 0.0156. The number of phenols is 1. The standard InChI is InChI=1S/C36H37Cl2N15O15S6/c37-31-44-33(40-5-9-69-11-7-54)48-35(46-31)42-20-15-18(1-3-22(20)71(57,58)59)50-52-28-24(73(63,64)65)13-17-14-25(74(66,67)68)29(30(56)26(17)27(28)39)53-51-19-2-4-23(72(60,61)62)21(16-19)43-36-47-32(38)45-34(49-36)41-6-10-70-12-8-55/h1-4,13-16,54-56H,5-12,39H2,(H,57,58,59)(H,60,61,62)(H,63,64,65)(H,66,67,68)(H2,40,42,44,46,48)(H2,41,43,45,47,49)/b52-50+,53-51+. The lowest BCUT2D eigenvalue weighted by Gasteiger charge is -2.14. The summed E-state index contributed by atoms with van der Waals surface area (Å²) in [5.41, 5.74) is 2.12. The number of nitrogens with two attached hydrogens (primary N) is 1. The number of fused-ring (bicyclic) bond motifs is 1. The lowest BCUT2D eigenvalue weighted by atomic mass is 10.1. The van der Waals surface area contributed by atoms with Crippen LogP contribution >= 0.6 is 46.7 Å². The number of hydrogen-bond donors (Lipinski definition) is 12. The van der Waals surface area contributed by atoms with E-state index in [0.717, 1.165) is 36.4 Å². The number of nitrogen functional groups attached to an aromatic ring is 1. The highest BCUT2D eigenvalue weighted by molar-refractivity contribution is 7.99. The second-order valence-corrected chi connectivity index (χ2v) is 22.9. The summed E-state index contributed by atoms with van der Waals surface area (Å²) < 4.78 is 141. The Bertz CT molecular complexity index is 3410. The van der Waals surface area contributed by atoms with Crippen LogP contribution in [0.25, 0.3) is 10.8 Å². The molecule has 396 valence electrons. The van der Waals surface area contributed by atoms with E-state index in [4.69, 9.17) is 39.1 Å². The van der Waals surface area contributed by atoms with Gasteiger partial charge in [-0.1, -0.05) is 0 Å². The summed E-state index contributed by atoms with van der Waals surface area (Å²) in [6, 6.07) is 6.82. The third-order valence-electron chi connectivity index (χ3n) is 9.12. The number of nitrogens with zero attached hydrogens (tertiary/aromatic N) is 10. The van der Waals surface area contributed by atoms with Gasteiger partial charge in [-0.25, -0.2) is 0 Å². The van der Waals surface area contributed by atoms with Crippen molar-refractivity contribution >= 4 is 162 Å². The van der Waals surface area contributed by atoms with Crippen molar-refractivity contribution in [3.63, 3.8) is 0 Å². The van der Waals surface area contributed by atoms with Gasteiger partial charge >= 0.3 is 0 Å². The van der Waals surface area contributed by atoms with Gasteiger partial charge in [0.1, 0.15) is 31.0 Å². The minimum absolute atomic E-state index is 0.0370. The van der Waals surface area contributed by atoms with Gasteiger partial charge in [0.25, 0.3) is 40.5 Å². The fraction of sp³-hybridized carbons (Fsp3) is 0.222. The van der Waals surface area contributed by atoms with Crippen molar-refractivity contribution in [2.45, 2.75) is 19.6 Å². The molecule has 0 unspecified atom stereocenters. The minimum Gasteiger partial charge on any atom is -0.505 e. The predicted molar refractivity (Wildman–Crippen MR) is 273 cm³/mol. The van der Waals surface area contributed by atoms with Crippen LogP contribution in [0.1, 0.15) is 0 Å². The first-order chi connectivity index (χ1) is 34.8. The van der Waals surface area contributed by atoms with Crippen LogP contribution in [0.3, 0.4) is 0 Å². The van der Waals surface area contributed by atoms with Crippen molar-refractivity contribution in [2.75, 3.05) is 76.3 Å². The van der Waals surface area contributed by atoms with Gasteiger partial charge in [0, 0.05) is 36.1 Å². The number of halogens is 2. The van der Waals surface area contributed by atoms with Crippen molar-refractivity contribution in [1.29, 1.82) is 0 Å². The second kappa shape index (κ2) is 24.1. The zero-order chi connectivity index (χ0) is 54.2. The topological polar surface area (TPSA) is 479 Å². The Balaban J connectivity index is 1.41. The molecule has 13 N–H and O–H groups in total. The number of azo groups is 2. The first-order valence-electron chi connectivity index (χ1n) is 20.1. The average molecular weight is 1180 g/mol. The molecule has 74 heavy (non-hydrogen) atoms. The highest BCUT2D eigenvalue weighted by atomic mass is 35.5. The molecule has 30 nitrogen and oxygen atoms in total. The van der Waals surface area contributed by atoms with Crippen LogP contribution in [0.2, 0.25) is 10.6 Å². The van der Waals surface area contributed by atoms with Crippen molar-refractivity contribution in [1.82, 2.24) is 29.9 Å². The maximum Gasteiger partial charge on any atom is 0.296 e. The largest absolute Gasteiger partial charge is 0.505 e. The maximum absolute atomic E-state index is 12.8. The molecule has 2 aromatic heterocycles. The summed E-state index contributed by atoms with van der Waals surface area (Å²) in [7, 11) is -20.7. The van der Waals surface area contributed by atoms with Gasteiger partial charge in [-0.15, -0.1) is 10.2 Å². The molecular formula is C36H37Cl2N15O15S6. The summed E-state index contributed by atoms with van der Waals surface area (Å²) in [6.07, 6.45) is 0. The van der Waals surface area contributed by atoms with Gasteiger partial charge in [0.15, 0.2) is 5.75 Å². The third-order valence-corrected chi connectivity index (χ3v) is 14.9. The molecule has 4 aromatic carbocycles. The molecule has 6 aromatic rings. The fourth-order valence-electron chi connectivity index (χ4n) is 6.14. The van der Waals surface area contributed by atoms with Crippen LogP contribution in [0.5, 0.6) is 5.75 Å². The van der Waals surface area contributed by atoms with Gasteiger partial charge < -0.3 is 42.3 Å². The summed E-state index contributed by atoms with van der Waals surface area (Å²) in [6.45, 7) is 0.552. The molecule has 0 saturated carbocycles. The predicted octanol–water partition coefficient (Wildman–Crippen LogP) is 5.38. The first-order valence-corrected chi connectivity index (χ1v) is 28.9. The molecule has 0 aliphatic heterocycles. The number of rotatable bonds is 24. The Labute approximate surface area is 437 Å². The fourth-order valence-corrected chi connectivity index (χ4v) is 10.2. The van der Waals surface area contributed by atoms with Gasteiger partial charge in [0.2, 0.25) is 34.4 Å². The molecule has 0 saturated heterocycles. The summed E-state index contributed by atoms with van der Waals surface area (Å²) in [5, 5.41) is 54.0. The lowest BCUT2D eigenvalue weighted by molar-refractivity contribution is 0.322. The zero-order valence-corrected chi connectivity index (χ0v) is 43.3. The number of anilines is 7. The molecule has 0 aliphatic carbocycles. The lowest BCUT2D eigenvalue weighted by Crippen LogP contribution is -2.11. The van der Waals surface area contributed by atoms with Crippen molar-refractivity contribution < 1.29 is 67.2 Å². The number of aliphatic hydroxyl groups is 2. The second-order valence-electron chi connectivity index (χ2n) is 14.2. The van der Waals surface area contributed by atoms with E-state index in [0.29, 0.717) is 48.2 Å². The molecule has 2 heterocycles. The van der Waals surface area contributed by atoms with E-state index in [2.05, 4.69) is 71.6 Å². The number of aliphatic hydroxyl groups excluding tert-OH is 2. The van der Waals surface area contributed by atoms with Crippen LogP contribution in [0, 0.1) is 0 Å². The van der Waals surface area contributed by atoms with Gasteiger partial charge in [-0.05, 0) is 77.1 Å². The van der Waals surface area contributed by atoms with Gasteiger partial charge in [-0.2, -0.15) is 97.3 Å². The van der Waals surface area contributed by atoms with Crippen LogP contribution in [-0.2, 0) is 40.5 Å². The number of nitrogens with one attached hydrogen (secondary N) is 4. The van der Waals surface area contributed by atoms with E-state index in [1.807, 2.05) is 0 Å². The number of hydrogen-bond acceptors (Lipinski definition) is 28. The minimum atomic E-state index is -5.40. The molecular weight excluding hydrogens is 1150 g/mol.